The molecule has 1 heterocycles. The number of alkyl halides is 3. The van der Waals surface area contributed by atoms with Crippen molar-refractivity contribution >= 4 is 29.6 Å². The summed E-state index contributed by atoms with van der Waals surface area (Å²) in [6.45, 7) is 9.83. The number of carboxylic acid groups (broad SMARTS) is 1. The summed E-state index contributed by atoms with van der Waals surface area (Å²) in [5, 5.41) is 21.5. The minimum atomic E-state index is -5.19. The van der Waals surface area contributed by atoms with Crippen LogP contribution in [-0.4, -0.2) is 88.9 Å². The van der Waals surface area contributed by atoms with Crippen LogP contribution in [0.15, 0.2) is 48.5 Å². The molecule has 1 saturated carbocycles. The van der Waals surface area contributed by atoms with Crippen molar-refractivity contribution in [1.29, 1.82) is 0 Å². The molecule has 1 aliphatic heterocycles. The normalized spacial score (nSPS) is 19.8. The molecule has 3 atom stereocenters. The summed E-state index contributed by atoms with van der Waals surface area (Å²) in [5.74, 6) is -3.12. The van der Waals surface area contributed by atoms with Gasteiger partial charge < -0.3 is 40.2 Å². The molecule has 3 amide bonds. The molecule has 4 rings (SSSR count). The lowest BCUT2D eigenvalue weighted by Gasteiger charge is -2.48. The van der Waals surface area contributed by atoms with Gasteiger partial charge >= 0.3 is 18.2 Å². The highest BCUT2D eigenvalue weighted by molar-refractivity contribution is 5.95. The van der Waals surface area contributed by atoms with Gasteiger partial charge in [-0.3, -0.25) is 4.79 Å². The van der Waals surface area contributed by atoms with Gasteiger partial charge in [-0.1, -0.05) is 19.1 Å². The Morgan fingerprint density at radius 2 is 1.67 bits per heavy atom. The Bertz CT molecular complexity index is 1390. The SMILES string of the molecule is CCC[N+]1(CC2CC2)CCC[C@@H](N(C(=O)Nc2ccc(C(=O)OC(C)C)cc2)[C@@H](Cc2ccc(O)cc2)C(N)=O)C1.O=C([O-])C(F)(F)F. The summed E-state index contributed by atoms with van der Waals surface area (Å²) in [6, 6.07) is 11.8. The Balaban J connectivity index is 0.000000804. The lowest BCUT2D eigenvalue weighted by atomic mass is 9.96. The van der Waals surface area contributed by atoms with Gasteiger partial charge in [-0.05, 0) is 87.9 Å². The molecule has 14 heteroatoms. The first-order chi connectivity index (χ1) is 22.5. The third kappa shape index (κ3) is 11.4. The average molecular weight is 679 g/mol. The fourth-order valence-corrected chi connectivity index (χ4v) is 6.21. The van der Waals surface area contributed by atoms with Crippen LogP contribution in [0.5, 0.6) is 5.75 Å². The van der Waals surface area contributed by atoms with Gasteiger partial charge in [-0.2, -0.15) is 13.2 Å². The number of primary amides is 1. The molecule has 2 aliphatic rings. The minimum Gasteiger partial charge on any atom is -0.542 e. The van der Waals surface area contributed by atoms with Crippen LogP contribution in [0, 0.1) is 5.92 Å². The predicted molar refractivity (Wildman–Crippen MR) is 169 cm³/mol. The van der Waals surface area contributed by atoms with Crippen LogP contribution in [0.4, 0.5) is 23.7 Å². The molecule has 0 bridgehead atoms. The van der Waals surface area contributed by atoms with E-state index in [0.29, 0.717) is 11.3 Å². The second kappa shape index (κ2) is 16.7. The molecule has 2 fully saturated rings. The largest absolute Gasteiger partial charge is 0.542 e. The predicted octanol–water partition coefficient (Wildman–Crippen LogP) is 3.99. The van der Waals surface area contributed by atoms with E-state index in [4.69, 9.17) is 20.4 Å². The van der Waals surface area contributed by atoms with Crippen molar-refractivity contribution in [1.82, 2.24) is 4.90 Å². The van der Waals surface area contributed by atoms with Gasteiger partial charge in [0.15, 0.2) is 0 Å². The van der Waals surface area contributed by atoms with Gasteiger partial charge in [0, 0.05) is 18.0 Å². The van der Waals surface area contributed by atoms with E-state index in [1.807, 2.05) is 0 Å². The van der Waals surface area contributed by atoms with Crippen molar-refractivity contribution in [3.8, 4) is 5.75 Å². The smallest absolute Gasteiger partial charge is 0.430 e. The molecule has 0 aromatic heterocycles. The summed E-state index contributed by atoms with van der Waals surface area (Å²) < 4.78 is 37.8. The number of aromatic hydroxyl groups is 1. The number of carbonyl (C=O) groups excluding carboxylic acids is 4. The van der Waals surface area contributed by atoms with E-state index in [1.54, 1.807) is 67.3 Å². The van der Waals surface area contributed by atoms with E-state index >= 15 is 0 Å². The standard InChI is InChI=1S/C32H44N4O5.C2HF3O2/c1-4-17-36(20-24-7-8-24)18-5-6-27(21-36)35(29(30(33)38)19-23-9-15-28(37)16-10-23)32(40)34-26-13-11-25(12-14-26)31(39)41-22(2)3;3-2(4,5)1(6)7/h9-16,22,24,27,29H,4-8,17-21H2,1-3H3,(H3-,33,34,37,38,39,40);(H,6,7)/t27-,29+,36?;/m1./s1. The molecule has 0 radical (unpaired) electrons. The molecule has 264 valence electrons. The van der Waals surface area contributed by atoms with Gasteiger partial charge in [0.2, 0.25) is 5.91 Å². The molecule has 2 aromatic rings. The lowest BCUT2D eigenvalue weighted by Crippen LogP contribution is -2.64. The van der Waals surface area contributed by atoms with Crippen LogP contribution < -0.4 is 16.2 Å². The molecule has 1 aliphatic carbocycles. The van der Waals surface area contributed by atoms with Gasteiger partial charge in [-0.25, -0.2) is 9.59 Å². The number of urea groups is 1. The molecule has 48 heavy (non-hydrogen) atoms. The number of halogens is 3. The summed E-state index contributed by atoms with van der Waals surface area (Å²) in [4.78, 5) is 49.8. The number of piperidine rings is 1. The van der Waals surface area contributed by atoms with E-state index in [9.17, 15) is 32.7 Å². The monoisotopic (exact) mass is 678 g/mol. The second-order valence-corrected chi connectivity index (χ2v) is 12.8. The zero-order valence-corrected chi connectivity index (χ0v) is 27.5. The Kier molecular flexibility index (Phi) is 13.2. The zero-order chi connectivity index (χ0) is 35.6. The number of phenols is 1. The molecule has 0 spiro atoms. The van der Waals surface area contributed by atoms with E-state index in [0.717, 1.165) is 61.4 Å². The fraction of sp³-hybridized carbons (Fsp3) is 0.529. The van der Waals surface area contributed by atoms with E-state index in [-0.39, 0.29) is 24.3 Å². The Morgan fingerprint density at radius 1 is 1.06 bits per heavy atom. The number of amides is 3. The molecular weight excluding hydrogens is 633 g/mol. The molecule has 4 N–H and O–H groups in total. The van der Waals surface area contributed by atoms with Crippen molar-refractivity contribution in [2.75, 3.05) is 31.5 Å². The molecule has 2 aromatic carbocycles. The second-order valence-electron chi connectivity index (χ2n) is 12.8. The maximum absolute atomic E-state index is 14.0. The highest BCUT2D eigenvalue weighted by Crippen LogP contribution is 2.36. The highest BCUT2D eigenvalue weighted by Gasteiger charge is 2.44. The van der Waals surface area contributed by atoms with Crippen molar-refractivity contribution in [3.05, 3.63) is 59.7 Å². The maximum atomic E-state index is 14.0. The number of quaternary nitrogens is 1. The van der Waals surface area contributed by atoms with Crippen LogP contribution in [0.2, 0.25) is 0 Å². The number of carbonyl (C=O) groups is 4. The van der Waals surface area contributed by atoms with Gasteiger partial charge in [0.05, 0.1) is 43.9 Å². The number of nitrogens with one attached hydrogen (secondary N) is 1. The Labute approximate surface area is 278 Å². The maximum Gasteiger partial charge on any atom is 0.430 e. The van der Waals surface area contributed by atoms with Crippen molar-refractivity contribution in [3.63, 3.8) is 0 Å². The van der Waals surface area contributed by atoms with E-state index < -0.39 is 36.1 Å². The lowest BCUT2D eigenvalue weighted by molar-refractivity contribution is -0.935. The fourth-order valence-electron chi connectivity index (χ4n) is 6.21. The van der Waals surface area contributed by atoms with Crippen LogP contribution in [0.1, 0.15) is 68.8 Å². The number of hydrogen-bond acceptors (Lipinski definition) is 7. The van der Waals surface area contributed by atoms with Gasteiger partial charge in [-0.15, -0.1) is 0 Å². The first kappa shape index (κ1) is 38.1. The van der Waals surface area contributed by atoms with Gasteiger partial charge in [0.1, 0.15) is 17.8 Å². The number of nitrogens with zero attached hydrogens (tertiary/aromatic N) is 2. The number of rotatable bonds is 12. The molecule has 11 nitrogen and oxygen atoms in total. The van der Waals surface area contributed by atoms with E-state index in [2.05, 4.69) is 12.2 Å². The number of likely N-dealkylation sites (tertiary alicyclic amines) is 1. The van der Waals surface area contributed by atoms with Crippen LogP contribution >= 0.6 is 0 Å². The molecule has 1 unspecified atom stereocenters. The summed E-state index contributed by atoms with van der Waals surface area (Å²) >= 11 is 0. The minimum absolute atomic E-state index is 0.133. The average Bonchev–Trinajstić information content (AvgIpc) is 3.81. The zero-order valence-electron chi connectivity index (χ0n) is 27.5. The van der Waals surface area contributed by atoms with Crippen molar-refractivity contribution in [2.24, 2.45) is 11.7 Å². The Hall–Kier alpha value is -4.33. The molecule has 1 saturated heterocycles. The number of phenolic OH excluding ortho intramolecular Hbond substituents is 1. The molecular formula is C34H45F3N4O7. The topological polar surface area (TPSA) is 162 Å². The number of aliphatic carboxylic acids is 1. The number of anilines is 1. The first-order valence-corrected chi connectivity index (χ1v) is 16.1. The number of carboxylic acids is 1. The number of nitrogens with two attached hydrogens (primary N) is 1. The quantitative estimate of drug-likeness (QED) is 0.226. The van der Waals surface area contributed by atoms with Crippen LogP contribution in [0.3, 0.4) is 0 Å². The number of benzene rings is 2. The summed E-state index contributed by atoms with van der Waals surface area (Å²) in [7, 11) is 0. The van der Waals surface area contributed by atoms with Gasteiger partial charge in [0.25, 0.3) is 0 Å². The Morgan fingerprint density at radius 3 is 2.17 bits per heavy atom. The highest BCUT2D eigenvalue weighted by atomic mass is 19.4. The van der Waals surface area contributed by atoms with Crippen LogP contribution in [-0.2, 0) is 20.7 Å². The summed E-state index contributed by atoms with van der Waals surface area (Å²) in [5.41, 5.74) is 7.71. The summed E-state index contributed by atoms with van der Waals surface area (Å²) in [6.07, 6.45) is 0.177. The number of esters is 1. The van der Waals surface area contributed by atoms with Crippen molar-refractivity contribution < 1.29 is 51.8 Å². The number of ether oxygens (including phenoxy) is 1. The third-order valence-corrected chi connectivity index (χ3v) is 8.41. The first-order valence-electron chi connectivity index (χ1n) is 16.1. The van der Waals surface area contributed by atoms with E-state index in [1.165, 1.54) is 12.8 Å². The third-order valence-electron chi connectivity index (χ3n) is 8.41. The van der Waals surface area contributed by atoms with Crippen LogP contribution in [0.25, 0.3) is 0 Å². The van der Waals surface area contributed by atoms with Crippen molar-refractivity contribution in [2.45, 2.75) is 83.7 Å². The number of hydrogen-bond donors (Lipinski definition) is 3.